The fourth-order valence-electron chi connectivity index (χ4n) is 2.06. The topological polar surface area (TPSA) is 46.5 Å². The monoisotopic (exact) mass is 186 g/mol. The lowest BCUT2D eigenvalue weighted by molar-refractivity contribution is -0.138. The van der Waals surface area contributed by atoms with Crippen LogP contribution >= 0.6 is 0 Å². The van der Waals surface area contributed by atoms with E-state index in [1.54, 1.807) is 0 Å². The maximum atomic E-state index is 10.5. The third-order valence-corrected chi connectivity index (χ3v) is 2.60. The number of ether oxygens (including phenoxy) is 1. The number of aliphatic carboxylic acids is 1. The summed E-state index contributed by atoms with van der Waals surface area (Å²) in [5.74, 6) is -0.343. The van der Waals surface area contributed by atoms with Crippen molar-refractivity contribution in [1.82, 2.24) is 0 Å². The molecule has 0 bridgehead atoms. The molecular weight excluding hydrogens is 168 g/mol. The number of hydrogen-bond donors (Lipinski definition) is 1. The fraction of sp³-hybridized carbons (Fsp3) is 0.900. The lowest BCUT2D eigenvalue weighted by Crippen LogP contribution is -2.24. The summed E-state index contributed by atoms with van der Waals surface area (Å²) < 4.78 is 5.50. The van der Waals surface area contributed by atoms with Crippen LogP contribution in [0.5, 0.6) is 0 Å². The zero-order valence-electron chi connectivity index (χ0n) is 8.16. The quantitative estimate of drug-likeness (QED) is 0.731. The van der Waals surface area contributed by atoms with E-state index in [1.807, 2.05) is 6.92 Å². The van der Waals surface area contributed by atoms with Gasteiger partial charge in [-0.15, -0.1) is 0 Å². The first kappa shape index (κ1) is 10.5. The van der Waals surface area contributed by atoms with Gasteiger partial charge in [-0.3, -0.25) is 4.79 Å². The third kappa shape index (κ3) is 3.77. The van der Waals surface area contributed by atoms with Gasteiger partial charge < -0.3 is 9.84 Å². The second-order valence-corrected chi connectivity index (χ2v) is 3.71. The van der Waals surface area contributed by atoms with E-state index in [0.29, 0.717) is 18.4 Å². The highest BCUT2D eigenvalue weighted by molar-refractivity contribution is 5.67. The van der Waals surface area contributed by atoms with Crippen LogP contribution in [0.2, 0.25) is 0 Å². The van der Waals surface area contributed by atoms with Gasteiger partial charge in [0.25, 0.3) is 0 Å². The minimum absolute atomic E-state index is 0.308. The first-order valence-electron chi connectivity index (χ1n) is 5.05. The lowest BCUT2D eigenvalue weighted by Gasteiger charge is -2.27. The number of carbonyl (C=O) groups is 1. The Bertz CT molecular complexity index is 166. The molecule has 1 saturated carbocycles. The molecular formula is C10H18O3. The second kappa shape index (κ2) is 5.22. The van der Waals surface area contributed by atoms with Gasteiger partial charge in [-0.05, 0) is 32.1 Å². The average Bonchev–Trinajstić information content (AvgIpc) is 2.04. The third-order valence-electron chi connectivity index (χ3n) is 2.60. The van der Waals surface area contributed by atoms with Crippen LogP contribution in [0, 0.1) is 5.92 Å². The van der Waals surface area contributed by atoms with Crippen molar-refractivity contribution in [2.24, 2.45) is 5.92 Å². The Labute approximate surface area is 79.1 Å². The number of carboxylic acid groups (broad SMARTS) is 1. The maximum absolute atomic E-state index is 10.5. The zero-order chi connectivity index (χ0) is 9.68. The van der Waals surface area contributed by atoms with Gasteiger partial charge in [0.05, 0.1) is 6.10 Å². The summed E-state index contributed by atoms with van der Waals surface area (Å²) in [5, 5.41) is 8.64. The molecule has 0 heterocycles. The Balaban J connectivity index is 2.28. The molecule has 0 aromatic carbocycles. The standard InChI is InChI=1S/C10H18O3/c1-2-13-9-5-3-4-8(6-9)7-10(11)12/h8-9H,2-7H2,1H3,(H,11,12). The van der Waals surface area contributed by atoms with Crippen LogP contribution in [0.3, 0.4) is 0 Å². The first-order valence-corrected chi connectivity index (χ1v) is 5.05. The van der Waals surface area contributed by atoms with Gasteiger partial charge in [0.1, 0.15) is 0 Å². The highest BCUT2D eigenvalue weighted by Gasteiger charge is 2.23. The molecule has 13 heavy (non-hydrogen) atoms. The zero-order valence-corrected chi connectivity index (χ0v) is 8.16. The maximum Gasteiger partial charge on any atom is 0.303 e. The predicted octanol–water partition coefficient (Wildman–Crippen LogP) is 2.06. The van der Waals surface area contributed by atoms with Crippen molar-refractivity contribution in [3.05, 3.63) is 0 Å². The molecule has 0 amide bonds. The molecule has 0 radical (unpaired) electrons. The molecule has 3 nitrogen and oxygen atoms in total. The summed E-state index contributed by atoms with van der Waals surface area (Å²) in [5.41, 5.74) is 0. The van der Waals surface area contributed by atoms with Crippen LogP contribution in [-0.2, 0) is 9.53 Å². The van der Waals surface area contributed by atoms with Crippen LogP contribution < -0.4 is 0 Å². The minimum Gasteiger partial charge on any atom is -0.481 e. The highest BCUT2D eigenvalue weighted by atomic mass is 16.5. The molecule has 1 aliphatic carbocycles. The van der Waals surface area contributed by atoms with Gasteiger partial charge in [-0.25, -0.2) is 0 Å². The molecule has 0 aliphatic heterocycles. The van der Waals surface area contributed by atoms with Gasteiger partial charge in [0.2, 0.25) is 0 Å². The van der Waals surface area contributed by atoms with E-state index in [9.17, 15) is 4.79 Å². The SMILES string of the molecule is CCOC1CCCC(CC(=O)O)C1. The van der Waals surface area contributed by atoms with Gasteiger partial charge in [0.15, 0.2) is 0 Å². The van der Waals surface area contributed by atoms with Crippen molar-refractivity contribution in [1.29, 1.82) is 0 Å². The summed E-state index contributed by atoms with van der Waals surface area (Å²) in [6.07, 6.45) is 4.81. The smallest absolute Gasteiger partial charge is 0.303 e. The lowest BCUT2D eigenvalue weighted by atomic mass is 9.85. The van der Waals surface area contributed by atoms with E-state index in [4.69, 9.17) is 9.84 Å². The number of rotatable bonds is 4. The number of hydrogen-bond acceptors (Lipinski definition) is 2. The fourth-order valence-corrected chi connectivity index (χ4v) is 2.06. The molecule has 2 atom stereocenters. The molecule has 0 aromatic rings. The molecule has 0 saturated heterocycles. The summed E-state index contributed by atoms with van der Waals surface area (Å²) in [4.78, 5) is 10.5. The van der Waals surface area contributed by atoms with Gasteiger partial charge in [0, 0.05) is 13.0 Å². The van der Waals surface area contributed by atoms with Crippen molar-refractivity contribution >= 4 is 5.97 Å². The molecule has 1 aliphatic rings. The Morgan fingerprint density at radius 2 is 2.31 bits per heavy atom. The molecule has 2 unspecified atom stereocenters. The highest BCUT2D eigenvalue weighted by Crippen LogP contribution is 2.28. The Morgan fingerprint density at radius 1 is 1.54 bits per heavy atom. The summed E-state index contributed by atoms with van der Waals surface area (Å²) in [6, 6.07) is 0. The molecule has 1 rings (SSSR count). The first-order chi connectivity index (χ1) is 6.22. The molecule has 0 aromatic heterocycles. The molecule has 3 heteroatoms. The summed E-state index contributed by atoms with van der Waals surface area (Å²) in [7, 11) is 0. The normalized spacial score (nSPS) is 28.7. The van der Waals surface area contributed by atoms with Crippen molar-refractivity contribution in [2.75, 3.05) is 6.61 Å². The Morgan fingerprint density at radius 3 is 2.92 bits per heavy atom. The average molecular weight is 186 g/mol. The van der Waals surface area contributed by atoms with Gasteiger partial charge in [-0.1, -0.05) is 6.42 Å². The van der Waals surface area contributed by atoms with E-state index in [0.717, 1.165) is 32.3 Å². The van der Waals surface area contributed by atoms with Crippen molar-refractivity contribution in [3.63, 3.8) is 0 Å². The van der Waals surface area contributed by atoms with Crippen LogP contribution in [0.4, 0.5) is 0 Å². The van der Waals surface area contributed by atoms with E-state index in [-0.39, 0.29) is 0 Å². The van der Waals surface area contributed by atoms with Crippen LogP contribution in [0.25, 0.3) is 0 Å². The summed E-state index contributed by atoms with van der Waals surface area (Å²) in [6.45, 7) is 2.73. The van der Waals surface area contributed by atoms with E-state index >= 15 is 0 Å². The van der Waals surface area contributed by atoms with E-state index < -0.39 is 5.97 Å². The van der Waals surface area contributed by atoms with Crippen LogP contribution in [-0.4, -0.2) is 23.8 Å². The van der Waals surface area contributed by atoms with Crippen molar-refractivity contribution in [3.8, 4) is 0 Å². The number of carboxylic acids is 1. The van der Waals surface area contributed by atoms with E-state index in [1.165, 1.54) is 0 Å². The molecule has 1 N–H and O–H groups in total. The molecule has 0 spiro atoms. The van der Waals surface area contributed by atoms with Crippen LogP contribution in [0.15, 0.2) is 0 Å². The predicted molar refractivity (Wildman–Crippen MR) is 49.6 cm³/mol. The molecule has 1 fully saturated rings. The van der Waals surface area contributed by atoms with Gasteiger partial charge in [-0.2, -0.15) is 0 Å². The van der Waals surface area contributed by atoms with E-state index in [2.05, 4.69) is 0 Å². The Kier molecular flexibility index (Phi) is 4.22. The van der Waals surface area contributed by atoms with Crippen molar-refractivity contribution in [2.45, 2.75) is 45.1 Å². The minimum atomic E-state index is -0.679. The second-order valence-electron chi connectivity index (χ2n) is 3.71. The van der Waals surface area contributed by atoms with Crippen LogP contribution in [0.1, 0.15) is 39.0 Å². The summed E-state index contributed by atoms with van der Waals surface area (Å²) >= 11 is 0. The van der Waals surface area contributed by atoms with Crippen molar-refractivity contribution < 1.29 is 14.6 Å². The Hall–Kier alpha value is -0.570. The largest absolute Gasteiger partial charge is 0.481 e. The van der Waals surface area contributed by atoms with Gasteiger partial charge >= 0.3 is 5.97 Å². The molecule has 76 valence electrons.